The third-order valence-electron chi connectivity index (χ3n) is 4.15. The minimum atomic E-state index is -0.623. The summed E-state index contributed by atoms with van der Waals surface area (Å²) in [7, 11) is 0. The van der Waals surface area contributed by atoms with Crippen LogP contribution in [0.25, 0.3) is 11.5 Å². The molecule has 0 bridgehead atoms. The largest absolute Gasteiger partial charge is 0.437 e. The van der Waals surface area contributed by atoms with Gasteiger partial charge in [-0.25, -0.2) is 4.79 Å². The quantitative estimate of drug-likeness (QED) is 0.799. The Labute approximate surface area is 139 Å². The maximum Gasteiger partial charge on any atom is 0.437 e. The van der Waals surface area contributed by atoms with Crippen LogP contribution < -0.4 is 5.76 Å². The highest BCUT2D eigenvalue weighted by Gasteiger charge is 2.23. The summed E-state index contributed by atoms with van der Waals surface area (Å²) >= 11 is 0. The third-order valence-corrected chi connectivity index (χ3v) is 4.15. The van der Waals surface area contributed by atoms with Crippen molar-refractivity contribution in [2.75, 3.05) is 26.3 Å². The SMILES string of the molecule is CCN(CC1CCOC1)C(=O)Cn1nc(-c2ccccc2)oc1=O. The summed E-state index contributed by atoms with van der Waals surface area (Å²) in [5.74, 6) is -0.176. The summed E-state index contributed by atoms with van der Waals surface area (Å²) in [4.78, 5) is 26.2. The summed E-state index contributed by atoms with van der Waals surface area (Å²) in [6.45, 7) is 4.48. The molecule has 2 heterocycles. The Morgan fingerprint density at radius 2 is 2.17 bits per heavy atom. The van der Waals surface area contributed by atoms with E-state index in [1.54, 1.807) is 17.0 Å². The zero-order valence-electron chi connectivity index (χ0n) is 13.7. The Morgan fingerprint density at radius 1 is 1.38 bits per heavy atom. The molecular formula is C17H21N3O4. The average molecular weight is 331 g/mol. The van der Waals surface area contributed by atoms with E-state index in [9.17, 15) is 9.59 Å². The van der Waals surface area contributed by atoms with E-state index in [4.69, 9.17) is 9.15 Å². The monoisotopic (exact) mass is 331 g/mol. The van der Waals surface area contributed by atoms with E-state index in [0.717, 1.165) is 17.7 Å². The Balaban J connectivity index is 1.69. The van der Waals surface area contributed by atoms with Gasteiger partial charge < -0.3 is 14.1 Å². The molecule has 1 amide bonds. The Morgan fingerprint density at radius 3 is 2.83 bits per heavy atom. The van der Waals surface area contributed by atoms with Crippen LogP contribution in [0.3, 0.4) is 0 Å². The van der Waals surface area contributed by atoms with Gasteiger partial charge in [-0.05, 0) is 25.5 Å². The number of ether oxygens (including phenoxy) is 1. The number of likely N-dealkylation sites (N-methyl/N-ethyl adjacent to an activating group) is 1. The zero-order chi connectivity index (χ0) is 16.9. The maximum absolute atomic E-state index is 12.5. The van der Waals surface area contributed by atoms with Crippen molar-refractivity contribution in [2.45, 2.75) is 19.9 Å². The molecule has 3 rings (SSSR count). The van der Waals surface area contributed by atoms with Crippen molar-refractivity contribution in [2.24, 2.45) is 5.92 Å². The van der Waals surface area contributed by atoms with Crippen LogP contribution in [0.2, 0.25) is 0 Å². The second kappa shape index (κ2) is 7.44. The molecule has 1 atom stereocenters. The molecule has 7 nitrogen and oxygen atoms in total. The third kappa shape index (κ3) is 3.73. The molecule has 128 valence electrons. The van der Waals surface area contributed by atoms with Crippen molar-refractivity contribution in [1.82, 2.24) is 14.7 Å². The number of hydrogen-bond donors (Lipinski definition) is 0. The number of amides is 1. The standard InChI is InChI=1S/C17H21N3O4/c1-2-19(10-13-8-9-23-12-13)15(21)11-20-17(22)24-16(18-20)14-6-4-3-5-7-14/h3-7,13H,2,8-12H2,1H3. The van der Waals surface area contributed by atoms with E-state index in [0.29, 0.717) is 31.2 Å². The van der Waals surface area contributed by atoms with Crippen LogP contribution in [0.15, 0.2) is 39.5 Å². The first-order valence-corrected chi connectivity index (χ1v) is 8.16. The molecule has 1 saturated heterocycles. The Bertz CT molecular complexity index is 732. The fourth-order valence-corrected chi connectivity index (χ4v) is 2.78. The lowest BCUT2D eigenvalue weighted by Gasteiger charge is -2.23. The second-order valence-corrected chi connectivity index (χ2v) is 5.86. The van der Waals surface area contributed by atoms with Gasteiger partial charge in [-0.3, -0.25) is 4.79 Å². The zero-order valence-corrected chi connectivity index (χ0v) is 13.7. The van der Waals surface area contributed by atoms with Crippen LogP contribution in [0.5, 0.6) is 0 Å². The summed E-state index contributed by atoms with van der Waals surface area (Å²) in [6.07, 6.45) is 0.964. The number of aromatic nitrogens is 2. The van der Waals surface area contributed by atoms with Crippen LogP contribution in [0, 0.1) is 5.92 Å². The molecule has 0 saturated carbocycles. The van der Waals surface area contributed by atoms with Crippen LogP contribution in [0.4, 0.5) is 0 Å². The number of benzene rings is 1. The summed E-state index contributed by atoms with van der Waals surface area (Å²) in [6, 6.07) is 9.14. The normalized spacial score (nSPS) is 17.1. The lowest BCUT2D eigenvalue weighted by atomic mass is 10.1. The predicted molar refractivity (Wildman–Crippen MR) is 87.4 cm³/mol. The van der Waals surface area contributed by atoms with E-state index in [1.165, 1.54) is 0 Å². The number of nitrogens with zero attached hydrogens (tertiary/aromatic N) is 3. The van der Waals surface area contributed by atoms with Crippen molar-refractivity contribution in [3.05, 3.63) is 40.9 Å². The number of carbonyl (C=O) groups excluding carboxylic acids is 1. The number of hydrogen-bond acceptors (Lipinski definition) is 5. The first-order chi connectivity index (χ1) is 11.7. The van der Waals surface area contributed by atoms with E-state index in [-0.39, 0.29) is 18.3 Å². The lowest BCUT2D eigenvalue weighted by Crippen LogP contribution is -2.39. The fraction of sp³-hybridized carbons (Fsp3) is 0.471. The molecule has 0 N–H and O–H groups in total. The molecule has 1 unspecified atom stereocenters. The average Bonchev–Trinajstić information content (AvgIpc) is 3.23. The molecule has 24 heavy (non-hydrogen) atoms. The molecule has 1 aliphatic heterocycles. The Kier molecular flexibility index (Phi) is 5.10. The van der Waals surface area contributed by atoms with Gasteiger partial charge in [-0.2, -0.15) is 4.68 Å². The van der Waals surface area contributed by atoms with Gasteiger partial charge in [-0.1, -0.05) is 18.2 Å². The van der Waals surface area contributed by atoms with E-state index >= 15 is 0 Å². The van der Waals surface area contributed by atoms with Gasteiger partial charge in [-0.15, -0.1) is 5.10 Å². The van der Waals surface area contributed by atoms with Crippen LogP contribution in [-0.2, 0) is 16.1 Å². The molecule has 0 radical (unpaired) electrons. The smallest absolute Gasteiger partial charge is 0.388 e. The van der Waals surface area contributed by atoms with Crippen molar-refractivity contribution in [3.63, 3.8) is 0 Å². The van der Waals surface area contributed by atoms with Gasteiger partial charge in [0.15, 0.2) is 0 Å². The van der Waals surface area contributed by atoms with E-state index in [1.807, 2.05) is 25.1 Å². The molecule has 1 fully saturated rings. The lowest BCUT2D eigenvalue weighted by molar-refractivity contribution is -0.132. The minimum Gasteiger partial charge on any atom is -0.388 e. The van der Waals surface area contributed by atoms with Crippen molar-refractivity contribution < 1.29 is 13.9 Å². The molecule has 1 aromatic heterocycles. The van der Waals surface area contributed by atoms with Crippen LogP contribution in [0.1, 0.15) is 13.3 Å². The molecule has 1 aliphatic rings. The highest BCUT2D eigenvalue weighted by Crippen LogP contribution is 2.15. The molecule has 2 aromatic rings. The molecule has 7 heteroatoms. The Hall–Kier alpha value is -2.41. The van der Waals surface area contributed by atoms with E-state index in [2.05, 4.69) is 5.10 Å². The maximum atomic E-state index is 12.5. The predicted octanol–water partition coefficient (Wildman–Crippen LogP) is 1.39. The molecular weight excluding hydrogens is 310 g/mol. The van der Waals surface area contributed by atoms with Gasteiger partial charge in [0, 0.05) is 31.2 Å². The molecule has 1 aromatic carbocycles. The van der Waals surface area contributed by atoms with Gasteiger partial charge in [0.25, 0.3) is 0 Å². The highest BCUT2D eigenvalue weighted by atomic mass is 16.5. The number of rotatable bonds is 6. The minimum absolute atomic E-state index is 0.114. The van der Waals surface area contributed by atoms with Gasteiger partial charge >= 0.3 is 5.76 Å². The van der Waals surface area contributed by atoms with Gasteiger partial charge in [0.05, 0.1) is 6.61 Å². The van der Waals surface area contributed by atoms with Gasteiger partial charge in [0.2, 0.25) is 11.8 Å². The van der Waals surface area contributed by atoms with Gasteiger partial charge in [0.1, 0.15) is 6.54 Å². The van der Waals surface area contributed by atoms with Crippen LogP contribution >= 0.6 is 0 Å². The fourth-order valence-electron chi connectivity index (χ4n) is 2.78. The van der Waals surface area contributed by atoms with Crippen molar-refractivity contribution in [1.29, 1.82) is 0 Å². The number of carbonyl (C=O) groups is 1. The van der Waals surface area contributed by atoms with Crippen molar-refractivity contribution in [3.8, 4) is 11.5 Å². The van der Waals surface area contributed by atoms with Crippen molar-refractivity contribution >= 4 is 5.91 Å². The topological polar surface area (TPSA) is 77.6 Å². The van der Waals surface area contributed by atoms with E-state index < -0.39 is 5.76 Å². The summed E-state index contributed by atoms with van der Waals surface area (Å²) in [5.41, 5.74) is 0.705. The van der Waals surface area contributed by atoms with Crippen LogP contribution in [-0.4, -0.2) is 46.9 Å². The first-order valence-electron chi connectivity index (χ1n) is 8.16. The highest BCUT2D eigenvalue weighted by molar-refractivity contribution is 5.75. The summed E-state index contributed by atoms with van der Waals surface area (Å²) in [5, 5.41) is 4.13. The first kappa shape index (κ1) is 16.4. The second-order valence-electron chi connectivity index (χ2n) is 5.86. The molecule has 0 spiro atoms. The molecule has 0 aliphatic carbocycles. The summed E-state index contributed by atoms with van der Waals surface area (Å²) < 4.78 is 11.6.